The quantitative estimate of drug-likeness (QED) is 0.668. The summed E-state index contributed by atoms with van der Waals surface area (Å²) in [5, 5.41) is 3.26. The van der Waals surface area contributed by atoms with Crippen LogP contribution < -0.4 is 10.1 Å². The third kappa shape index (κ3) is 6.29. The highest BCUT2D eigenvalue weighted by Gasteiger charge is 1.94. The SMILES string of the molecule is CCOCCNCCOc1ccc(CC)cc1. The van der Waals surface area contributed by atoms with Crippen molar-refractivity contribution in [1.82, 2.24) is 5.32 Å². The zero-order chi connectivity index (χ0) is 12.3. The van der Waals surface area contributed by atoms with Crippen molar-refractivity contribution in [2.45, 2.75) is 20.3 Å². The van der Waals surface area contributed by atoms with Crippen LogP contribution in [0.1, 0.15) is 19.4 Å². The van der Waals surface area contributed by atoms with Gasteiger partial charge in [0.15, 0.2) is 0 Å². The highest BCUT2D eigenvalue weighted by Crippen LogP contribution is 2.11. The second-order valence-corrected chi connectivity index (χ2v) is 3.79. The molecule has 0 aliphatic rings. The maximum Gasteiger partial charge on any atom is 0.119 e. The van der Waals surface area contributed by atoms with Gasteiger partial charge in [0.1, 0.15) is 12.4 Å². The number of hydrogen-bond donors (Lipinski definition) is 1. The molecule has 0 spiro atoms. The van der Waals surface area contributed by atoms with Crippen molar-refractivity contribution >= 4 is 0 Å². The molecule has 0 fully saturated rings. The fourth-order valence-corrected chi connectivity index (χ4v) is 1.48. The summed E-state index contributed by atoms with van der Waals surface area (Å²) in [7, 11) is 0. The van der Waals surface area contributed by atoms with Crippen LogP contribution in [-0.2, 0) is 11.2 Å². The molecule has 0 atom stereocenters. The Morgan fingerprint density at radius 2 is 1.71 bits per heavy atom. The summed E-state index contributed by atoms with van der Waals surface area (Å²) in [6.45, 7) is 8.12. The summed E-state index contributed by atoms with van der Waals surface area (Å²) in [4.78, 5) is 0. The van der Waals surface area contributed by atoms with E-state index in [1.807, 2.05) is 19.1 Å². The van der Waals surface area contributed by atoms with Gasteiger partial charge in [-0.1, -0.05) is 19.1 Å². The van der Waals surface area contributed by atoms with Crippen LogP contribution in [0.2, 0.25) is 0 Å². The fourth-order valence-electron chi connectivity index (χ4n) is 1.48. The Labute approximate surface area is 104 Å². The van der Waals surface area contributed by atoms with E-state index in [1.165, 1.54) is 5.56 Å². The van der Waals surface area contributed by atoms with Crippen LogP contribution in [0.25, 0.3) is 0 Å². The summed E-state index contributed by atoms with van der Waals surface area (Å²) >= 11 is 0. The number of rotatable bonds is 9. The summed E-state index contributed by atoms with van der Waals surface area (Å²) in [5.74, 6) is 0.939. The minimum atomic E-state index is 0.692. The van der Waals surface area contributed by atoms with Gasteiger partial charge < -0.3 is 14.8 Å². The van der Waals surface area contributed by atoms with Crippen LogP contribution in [0.5, 0.6) is 5.75 Å². The van der Waals surface area contributed by atoms with Crippen molar-refractivity contribution in [2.24, 2.45) is 0 Å². The van der Waals surface area contributed by atoms with Crippen LogP contribution in [0.3, 0.4) is 0 Å². The molecule has 0 bridgehead atoms. The van der Waals surface area contributed by atoms with Crippen molar-refractivity contribution in [3.63, 3.8) is 0 Å². The number of ether oxygens (including phenoxy) is 2. The number of benzene rings is 1. The molecule has 0 heterocycles. The predicted molar refractivity (Wildman–Crippen MR) is 70.7 cm³/mol. The summed E-state index contributed by atoms with van der Waals surface area (Å²) < 4.78 is 10.8. The molecule has 1 aromatic rings. The van der Waals surface area contributed by atoms with Gasteiger partial charge in [0.25, 0.3) is 0 Å². The van der Waals surface area contributed by atoms with E-state index < -0.39 is 0 Å². The van der Waals surface area contributed by atoms with E-state index in [-0.39, 0.29) is 0 Å². The molecule has 0 saturated carbocycles. The van der Waals surface area contributed by atoms with Gasteiger partial charge in [-0.3, -0.25) is 0 Å². The minimum Gasteiger partial charge on any atom is -0.492 e. The van der Waals surface area contributed by atoms with Gasteiger partial charge >= 0.3 is 0 Å². The van der Waals surface area contributed by atoms with Crippen LogP contribution in [-0.4, -0.2) is 32.9 Å². The first kappa shape index (κ1) is 14.0. The Morgan fingerprint density at radius 3 is 2.35 bits per heavy atom. The standard InChI is InChI=1S/C14H23NO2/c1-3-13-5-7-14(8-6-13)17-12-10-15-9-11-16-4-2/h5-8,15H,3-4,9-12H2,1-2H3. The summed E-state index contributed by atoms with van der Waals surface area (Å²) in [5.41, 5.74) is 1.34. The maximum absolute atomic E-state index is 5.61. The molecule has 0 unspecified atom stereocenters. The monoisotopic (exact) mass is 237 g/mol. The number of nitrogens with one attached hydrogen (secondary N) is 1. The molecule has 17 heavy (non-hydrogen) atoms. The zero-order valence-electron chi connectivity index (χ0n) is 10.9. The van der Waals surface area contributed by atoms with Crippen molar-refractivity contribution in [3.8, 4) is 5.75 Å². The summed E-state index contributed by atoms with van der Waals surface area (Å²) in [6.07, 6.45) is 1.07. The lowest BCUT2D eigenvalue weighted by atomic mass is 10.2. The smallest absolute Gasteiger partial charge is 0.119 e. The van der Waals surface area contributed by atoms with E-state index in [0.717, 1.165) is 38.5 Å². The Balaban J connectivity index is 2.05. The van der Waals surface area contributed by atoms with Crippen LogP contribution in [0.15, 0.2) is 24.3 Å². The Bertz CT molecular complexity index is 285. The first-order chi connectivity index (χ1) is 8.36. The molecular weight excluding hydrogens is 214 g/mol. The van der Waals surface area contributed by atoms with Gasteiger partial charge in [-0.25, -0.2) is 0 Å². The molecular formula is C14H23NO2. The molecule has 0 aromatic heterocycles. The fraction of sp³-hybridized carbons (Fsp3) is 0.571. The van der Waals surface area contributed by atoms with Gasteiger partial charge in [0, 0.05) is 19.7 Å². The second kappa shape index (κ2) is 9.02. The third-order valence-corrected chi connectivity index (χ3v) is 2.51. The normalized spacial score (nSPS) is 10.5. The molecule has 0 aliphatic carbocycles. The van der Waals surface area contributed by atoms with E-state index in [0.29, 0.717) is 6.61 Å². The molecule has 1 N–H and O–H groups in total. The van der Waals surface area contributed by atoms with Crippen molar-refractivity contribution in [2.75, 3.05) is 32.9 Å². The van der Waals surface area contributed by atoms with E-state index in [9.17, 15) is 0 Å². The maximum atomic E-state index is 5.61. The molecule has 0 saturated heterocycles. The lowest BCUT2D eigenvalue weighted by molar-refractivity contribution is 0.148. The van der Waals surface area contributed by atoms with Gasteiger partial charge in [-0.15, -0.1) is 0 Å². The first-order valence-electron chi connectivity index (χ1n) is 6.37. The van der Waals surface area contributed by atoms with Crippen LogP contribution in [0.4, 0.5) is 0 Å². The Morgan fingerprint density at radius 1 is 1.00 bits per heavy atom. The Hall–Kier alpha value is -1.06. The van der Waals surface area contributed by atoms with E-state index in [2.05, 4.69) is 24.4 Å². The summed E-state index contributed by atoms with van der Waals surface area (Å²) in [6, 6.07) is 8.27. The second-order valence-electron chi connectivity index (χ2n) is 3.79. The van der Waals surface area contributed by atoms with E-state index >= 15 is 0 Å². The van der Waals surface area contributed by atoms with Gasteiger partial charge in [-0.05, 0) is 31.0 Å². The van der Waals surface area contributed by atoms with E-state index in [4.69, 9.17) is 9.47 Å². The van der Waals surface area contributed by atoms with Crippen molar-refractivity contribution < 1.29 is 9.47 Å². The number of hydrogen-bond acceptors (Lipinski definition) is 3. The molecule has 1 aromatic carbocycles. The predicted octanol–water partition coefficient (Wildman–Crippen LogP) is 2.25. The highest BCUT2D eigenvalue weighted by atomic mass is 16.5. The molecule has 0 radical (unpaired) electrons. The molecule has 3 nitrogen and oxygen atoms in total. The molecule has 1 rings (SSSR count). The lowest BCUT2D eigenvalue weighted by Gasteiger charge is -2.08. The largest absolute Gasteiger partial charge is 0.492 e. The van der Waals surface area contributed by atoms with Gasteiger partial charge in [0.05, 0.1) is 6.61 Å². The minimum absolute atomic E-state index is 0.692. The third-order valence-electron chi connectivity index (χ3n) is 2.51. The molecule has 96 valence electrons. The Kier molecular flexibility index (Phi) is 7.43. The average molecular weight is 237 g/mol. The van der Waals surface area contributed by atoms with Gasteiger partial charge in [-0.2, -0.15) is 0 Å². The van der Waals surface area contributed by atoms with Crippen molar-refractivity contribution in [1.29, 1.82) is 0 Å². The number of aryl methyl sites for hydroxylation is 1. The average Bonchev–Trinajstić information content (AvgIpc) is 2.38. The highest BCUT2D eigenvalue weighted by molar-refractivity contribution is 5.27. The lowest BCUT2D eigenvalue weighted by Crippen LogP contribution is -2.24. The van der Waals surface area contributed by atoms with E-state index in [1.54, 1.807) is 0 Å². The van der Waals surface area contributed by atoms with Gasteiger partial charge in [0.2, 0.25) is 0 Å². The zero-order valence-corrected chi connectivity index (χ0v) is 10.9. The molecule has 0 amide bonds. The van der Waals surface area contributed by atoms with Crippen molar-refractivity contribution in [3.05, 3.63) is 29.8 Å². The van der Waals surface area contributed by atoms with Crippen LogP contribution >= 0.6 is 0 Å². The molecule has 0 aliphatic heterocycles. The topological polar surface area (TPSA) is 30.5 Å². The van der Waals surface area contributed by atoms with Crippen LogP contribution in [0, 0.1) is 0 Å². The molecule has 3 heteroatoms. The first-order valence-corrected chi connectivity index (χ1v) is 6.37.